The summed E-state index contributed by atoms with van der Waals surface area (Å²) in [5, 5.41) is 2.11. The van der Waals surface area contributed by atoms with Crippen molar-refractivity contribution in [3.8, 4) is 0 Å². The number of benzene rings is 1. The minimum atomic E-state index is -0.928. The number of amides is 1. The molecule has 0 bridgehead atoms. The van der Waals surface area contributed by atoms with Crippen molar-refractivity contribution < 1.29 is 13.9 Å². The van der Waals surface area contributed by atoms with Crippen LogP contribution in [-0.4, -0.2) is 18.6 Å². The molecule has 1 amide bonds. The molecule has 1 unspecified atom stereocenters. The fourth-order valence-electron chi connectivity index (χ4n) is 3.73. The summed E-state index contributed by atoms with van der Waals surface area (Å²) in [6, 6.07) is 9.58. The Bertz CT molecular complexity index is 758. The average Bonchev–Trinajstić information content (AvgIpc) is 3.27. The van der Waals surface area contributed by atoms with Crippen molar-refractivity contribution >= 4 is 22.9 Å². The number of carbonyl (C=O) groups is 1. The van der Waals surface area contributed by atoms with Crippen molar-refractivity contribution in [1.82, 2.24) is 0 Å². The number of halogens is 1. The molecule has 3 nitrogen and oxygen atoms in total. The zero-order valence-electron chi connectivity index (χ0n) is 16.8. The Morgan fingerprint density at radius 3 is 2.75 bits per heavy atom. The molecular formula is C23H30FNO2S. The van der Waals surface area contributed by atoms with Crippen molar-refractivity contribution in [2.75, 3.05) is 11.5 Å². The lowest BCUT2D eigenvalue weighted by Gasteiger charge is -2.25. The topological polar surface area (TPSA) is 29.5 Å². The van der Waals surface area contributed by atoms with Crippen LogP contribution >= 0.6 is 11.3 Å². The first-order valence-corrected chi connectivity index (χ1v) is 11.1. The third-order valence-corrected chi connectivity index (χ3v) is 6.19. The first kappa shape index (κ1) is 21.0. The fraction of sp³-hybridized carbons (Fsp3) is 0.522. The molecule has 0 aliphatic carbocycles. The molecule has 0 saturated carbocycles. The van der Waals surface area contributed by atoms with Crippen molar-refractivity contribution in [1.29, 1.82) is 0 Å². The van der Waals surface area contributed by atoms with Gasteiger partial charge < -0.3 is 9.64 Å². The van der Waals surface area contributed by atoms with E-state index in [0.29, 0.717) is 31.6 Å². The van der Waals surface area contributed by atoms with E-state index in [9.17, 15) is 9.18 Å². The number of hydrogen-bond donors (Lipinski definition) is 0. The lowest BCUT2D eigenvalue weighted by Crippen LogP contribution is -2.36. The van der Waals surface area contributed by atoms with Crippen molar-refractivity contribution in [2.45, 2.75) is 71.2 Å². The van der Waals surface area contributed by atoms with Crippen molar-refractivity contribution in [3.63, 3.8) is 0 Å². The third-order valence-electron chi connectivity index (χ3n) is 5.28. The average molecular weight is 404 g/mol. The van der Waals surface area contributed by atoms with Gasteiger partial charge in [0.1, 0.15) is 6.17 Å². The predicted octanol–water partition coefficient (Wildman–Crippen LogP) is 6.36. The molecule has 1 aliphatic rings. The van der Waals surface area contributed by atoms with Crippen LogP contribution in [0.1, 0.15) is 67.6 Å². The van der Waals surface area contributed by atoms with Gasteiger partial charge in [-0.1, -0.05) is 38.3 Å². The molecule has 3 rings (SSSR count). The van der Waals surface area contributed by atoms with Gasteiger partial charge in [-0.05, 0) is 54.5 Å². The number of rotatable bonds is 10. The molecule has 1 aromatic heterocycles. The van der Waals surface area contributed by atoms with Crippen LogP contribution in [0.3, 0.4) is 0 Å². The molecule has 2 atom stereocenters. The van der Waals surface area contributed by atoms with E-state index in [2.05, 4.69) is 25.3 Å². The number of hydrogen-bond acceptors (Lipinski definition) is 3. The van der Waals surface area contributed by atoms with Gasteiger partial charge >= 0.3 is 0 Å². The number of nitrogens with zero attached hydrogens (tertiary/aromatic N) is 1. The first-order valence-electron chi connectivity index (χ1n) is 10.3. The minimum Gasteiger partial charge on any atom is -0.375 e. The highest BCUT2D eigenvalue weighted by Crippen LogP contribution is 2.30. The second-order valence-electron chi connectivity index (χ2n) is 7.59. The number of unbranched alkanes of at least 4 members (excludes halogenated alkanes) is 2. The molecule has 1 saturated heterocycles. The van der Waals surface area contributed by atoms with Gasteiger partial charge in [0.05, 0.1) is 19.3 Å². The molecule has 5 heteroatoms. The second kappa shape index (κ2) is 10.2. The van der Waals surface area contributed by atoms with Gasteiger partial charge in [0.15, 0.2) is 0 Å². The Labute approximate surface area is 171 Å². The summed E-state index contributed by atoms with van der Waals surface area (Å²) < 4.78 is 20.2. The summed E-state index contributed by atoms with van der Waals surface area (Å²) >= 11 is 1.72. The predicted molar refractivity (Wildman–Crippen MR) is 114 cm³/mol. The van der Waals surface area contributed by atoms with Crippen LogP contribution in [0.5, 0.6) is 0 Å². The number of anilines is 1. The molecule has 28 heavy (non-hydrogen) atoms. The molecule has 152 valence electrons. The lowest BCUT2D eigenvalue weighted by atomic mass is 10.0. The van der Waals surface area contributed by atoms with Gasteiger partial charge in [-0.3, -0.25) is 4.79 Å². The standard InChI is InChI=1S/C23H30FNO2S/c1-3-4-5-6-22(24)19-7-9-20(10-8-19)25-21(11-12-23(25)26)15-27-14-18-13-17(2)28-16-18/h7-10,13,16,21-22H,3-6,11-12,14-15H2,1-2H3/t21-,22?/m1/s1. The Balaban J connectivity index is 1.57. The van der Waals surface area contributed by atoms with Crippen LogP contribution < -0.4 is 4.90 Å². The van der Waals surface area contributed by atoms with Gasteiger partial charge in [0, 0.05) is 17.0 Å². The van der Waals surface area contributed by atoms with E-state index in [1.54, 1.807) is 11.3 Å². The Morgan fingerprint density at radius 2 is 2.07 bits per heavy atom. The minimum absolute atomic E-state index is 0.0452. The highest BCUT2D eigenvalue weighted by atomic mass is 32.1. The van der Waals surface area contributed by atoms with Gasteiger partial charge in [-0.25, -0.2) is 4.39 Å². The molecular weight excluding hydrogens is 373 g/mol. The monoisotopic (exact) mass is 403 g/mol. The zero-order valence-corrected chi connectivity index (χ0v) is 17.6. The van der Waals surface area contributed by atoms with Crippen LogP contribution in [0.4, 0.5) is 10.1 Å². The third kappa shape index (κ3) is 5.42. The second-order valence-corrected chi connectivity index (χ2v) is 8.71. The van der Waals surface area contributed by atoms with Crippen LogP contribution in [0.25, 0.3) is 0 Å². The number of ether oxygens (including phenoxy) is 1. The van der Waals surface area contributed by atoms with E-state index in [4.69, 9.17) is 4.74 Å². The number of alkyl halides is 1. The Morgan fingerprint density at radius 1 is 1.29 bits per heavy atom. The summed E-state index contributed by atoms with van der Waals surface area (Å²) in [4.78, 5) is 15.5. The maximum Gasteiger partial charge on any atom is 0.227 e. The highest BCUT2D eigenvalue weighted by Gasteiger charge is 2.32. The van der Waals surface area contributed by atoms with Crippen LogP contribution in [0, 0.1) is 6.92 Å². The van der Waals surface area contributed by atoms with Gasteiger partial charge in [-0.2, -0.15) is 0 Å². The summed E-state index contributed by atoms with van der Waals surface area (Å²) in [6.45, 7) is 5.30. The van der Waals surface area contributed by atoms with E-state index in [0.717, 1.165) is 31.4 Å². The zero-order chi connectivity index (χ0) is 19.9. The van der Waals surface area contributed by atoms with E-state index in [1.807, 2.05) is 29.2 Å². The van der Waals surface area contributed by atoms with E-state index < -0.39 is 6.17 Å². The molecule has 1 aliphatic heterocycles. The molecule has 2 heterocycles. The number of carbonyl (C=O) groups excluding carboxylic acids is 1. The maximum atomic E-state index is 14.4. The molecule has 2 aromatic rings. The van der Waals surface area contributed by atoms with Gasteiger partial charge in [0.25, 0.3) is 0 Å². The molecule has 0 N–H and O–H groups in total. The first-order chi connectivity index (χ1) is 13.6. The quantitative estimate of drug-likeness (QED) is 0.432. The van der Waals surface area contributed by atoms with E-state index >= 15 is 0 Å². The fourth-order valence-corrected chi connectivity index (χ4v) is 4.42. The summed E-state index contributed by atoms with van der Waals surface area (Å²) in [5.74, 6) is 0.118. The highest BCUT2D eigenvalue weighted by molar-refractivity contribution is 7.10. The SMILES string of the molecule is CCCCCC(F)c1ccc(N2C(=O)CC[C@@H]2COCc2csc(C)c2)cc1. The van der Waals surface area contributed by atoms with Crippen LogP contribution in [0.2, 0.25) is 0 Å². The number of thiophene rings is 1. The van der Waals surface area contributed by atoms with E-state index in [1.165, 1.54) is 10.4 Å². The summed E-state index contributed by atoms with van der Waals surface area (Å²) in [7, 11) is 0. The molecule has 1 aromatic carbocycles. The molecule has 0 radical (unpaired) electrons. The normalized spacial score (nSPS) is 18.0. The smallest absolute Gasteiger partial charge is 0.227 e. The van der Waals surface area contributed by atoms with Gasteiger partial charge in [-0.15, -0.1) is 11.3 Å². The van der Waals surface area contributed by atoms with Crippen molar-refractivity contribution in [3.05, 3.63) is 51.7 Å². The van der Waals surface area contributed by atoms with E-state index in [-0.39, 0.29) is 11.9 Å². The van der Waals surface area contributed by atoms with Gasteiger partial charge in [0.2, 0.25) is 5.91 Å². The largest absolute Gasteiger partial charge is 0.375 e. The number of aryl methyl sites for hydroxylation is 1. The lowest BCUT2D eigenvalue weighted by molar-refractivity contribution is -0.117. The summed E-state index contributed by atoms with van der Waals surface area (Å²) in [5.41, 5.74) is 2.72. The molecule has 1 fully saturated rings. The van der Waals surface area contributed by atoms with Crippen molar-refractivity contribution in [2.24, 2.45) is 0 Å². The Kier molecular flexibility index (Phi) is 7.63. The Hall–Kier alpha value is -1.72. The maximum absolute atomic E-state index is 14.4. The van der Waals surface area contributed by atoms with Crippen LogP contribution in [0.15, 0.2) is 35.7 Å². The van der Waals surface area contributed by atoms with Crippen LogP contribution in [-0.2, 0) is 16.1 Å². The molecule has 0 spiro atoms. The summed E-state index contributed by atoms with van der Waals surface area (Å²) in [6.07, 6.45) is 4.04.